The van der Waals surface area contributed by atoms with Crippen LogP contribution in [0.3, 0.4) is 0 Å². The molecular formula is C13H15ClF3NO2. The van der Waals surface area contributed by atoms with E-state index in [0.717, 1.165) is 5.56 Å². The largest absolute Gasteiger partial charge is 0.460 e. The molecule has 1 aromatic carbocycles. The Morgan fingerprint density at radius 3 is 2.50 bits per heavy atom. The fourth-order valence-electron chi connectivity index (χ4n) is 1.99. The van der Waals surface area contributed by atoms with Crippen molar-refractivity contribution >= 4 is 18.4 Å². The van der Waals surface area contributed by atoms with E-state index in [1.807, 2.05) is 6.07 Å². The molecule has 0 unspecified atom stereocenters. The van der Waals surface area contributed by atoms with E-state index in [9.17, 15) is 18.0 Å². The average Bonchev–Trinajstić information content (AvgIpc) is 2.87. The van der Waals surface area contributed by atoms with E-state index in [1.165, 1.54) is 0 Å². The van der Waals surface area contributed by atoms with Gasteiger partial charge in [-0.05, 0) is 12.0 Å². The summed E-state index contributed by atoms with van der Waals surface area (Å²) in [7, 11) is 0. The lowest BCUT2D eigenvalue weighted by molar-refractivity contribution is -0.170. The molecule has 0 aliphatic carbocycles. The fourth-order valence-corrected chi connectivity index (χ4v) is 1.99. The van der Waals surface area contributed by atoms with Gasteiger partial charge in [-0.15, -0.1) is 12.4 Å². The number of rotatable bonds is 3. The number of benzene rings is 1. The van der Waals surface area contributed by atoms with E-state index in [4.69, 9.17) is 4.74 Å². The van der Waals surface area contributed by atoms with Crippen LogP contribution in [0.1, 0.15) is 12.0 Å². The highest BCUT2D eigenvalue weighted by atomic mass is 35.5. The molecule has 0 saturated carbocycles. The topological polar surface area (TPSA) is 38.3 Å². The number of hydrogen-bond acceptors (Lipinski definition) is 3. The SMILES string of the molecule is Cl.O=C(OCc1ccccc1)[C@@H]1C[C@@H](C(F)(F)F)CN1. The third-order valence-corrected chi connectivity index (χ3v) is 3.10. The second-order valence-corrected chi connectivity index (χ2v) is 4.53. The second-order valence-electron chi connectivity index (χ2n) is 4.53. The summed E-state index contributed by atoms with van der Waals surface area (Å²) in [4.78, 5) is 11.6. The summed E-state index contributed by atoms with van der Waals surface area (Å²) in [6.07, 6.45) is -4.52. The highest BCUT2D eigenvalue weighted by Crippen LogP contribution is 2.32. The van der Waals surface area contributed by atoms with Crippen molar-refractivity contribution in [2.75, 3.05) is 6.54 Å². The van der Waals surface area contributed by atoms with E-state index in [1.54, 1.807) is 24.3 Å². The molecule has 0 amide bonds. The zero-order valence-corrected chi connectivity index (χ0v) is 11.3. The smallest absolute Gasteiger partial charge is 0.393 e. The molecule has 0 aromatic heterocycles. The number of hydrogen-bond donors (Lipinski definition) is 1. The first-order chi connectivity index (χ1) is 8.97. The van der Waals surface area contributed by atoms with Crippen LogP contribution >= 0.6 is 12.4 Å². The maximum Gasteiger partial charge on any atom is 0.393 e. The molecular weight excluding hydrogens is 295 g/mol. The van der Waals surface area contributed by atoms with Gasteiger partial charge >= 0.3 is 12.1 Å². The molecule has 3 nitrogen and oxygen atoms in total. The van der Waals surface area contributed by atoms with Crippen LogP contribution in [0.15, 0.2) is 30.3 Å². The van der Waals surface area contributed by atoms with Gasteiger partial charge in [0, 0.05) is 6.54 Å². The van der Waals surface area contributed by atoms with Crippen molar-refractivity contribution in [1.82, 2.24) is 5.32 Å². The Morgan fingerprint density at radius 2 is 1.95 bits per heavy atom. The Balaban J connectivity index is 0.00000200. The van der Waals surface area contributed by atoms with Crippen LogP contribution in [-0.4, -0.2) is 24.7 Å². The zero-order chi connectivity index (χ0) is 13.9. The van der Waals surface area contributed by atoms with Gasteiger partial charge in [0.25, 0.3) is 0 Å². The number of alkyl halides is 3. The summed E-state index contributed by atoms with van der Waals surface area (Å²) in [6.45, 7) is -0.150. The summed E-state index contributed by atoms with van der Waals surface area (Å²) >= 11 is 0. The first kappa shape index (κ1) is 16.8. The lowest BCUT2D eigenvalue weighted by Crippen LogP contribution is -2.32. The lowest BCUT2D eigenvalue weighted by Gasteiger charge is -2.13. The van der Waals surface area contributed by atoms with Gasteiger partial charge < -0.3 is 10.1 Å². The Labute approximate surface area is 120 Å². The molecule has 1 fully saturated rings. The monoisotopic (exact) mass is 309 g/mol. The summed E-state index contributed by atoms with van der Waals surface area (Å²) in [5.74, 6) is -2.10. The van der Waals surface area contributed by atoms with Gasteiger partial charge in [-0.25, -0.2) is 0 Å². The van der Waals surface area contributed by atoms with Crippen LogP contribution in [0.2, 0.25) is 0 Å². The Kier molecular flexibility index (Phi) is 5.83. The molecule has 0 radical (unpaired) electrons. The molecule has 20 heavy (non-hydrogen) atoms. The summed E-state index contributed by atoms with van der Waals surface area (Å²) in [5.41, 5.74) is 0.807. The van der Waals surface area contributed by atoms with Gasteiger partial charge in [-0.2, -0.15) is 13.2 Å². The molecule has 1 aliphatic heterocycles. The predicted octanol–water partition coefficient (Wildman–Crippen LogP) is 2.69. The number of nitrogens with one attached hydrogen (secondary N) is 1. The first-order valence-electron chi connectivity index (χ1n) is 5.97. The second kappa shape index (κ2) is 6.95. The summed E-state index contributed by atoms with van der Waals surface area (Å²) < 4.78 is 42.4. The highest BCUT2D eigenvalue weighted by molar-refractivity contribution is 5.85. The predicted molar refractivity (Wildman–Crippen MR) is 69.4 cm³/mol. The number of carbonyl (C=O) groups is 1. The van der Waals surface area contributed by atoms with Crippen LogP contribution in [0.25, 0.3) is 0 Å². The standard InChI is InChI=1S/C13H14F3NO2.ClH/c14-13(15,16)10-6-11(17-7-10)12(18)19-8-9-4-2-1-3-5-9;/h1-5,10-11,17H,6-8H2;1H/t10-,11+;/m1./s1. The molecule has 1 N–H and O–H groups in total. The van der Waals surface area contributed by atoms with E-state index in [0.29, 0.717) is 0 Å². The summed E-state index contributed by atoms with van der Waals surface area (Å²) in [5, 5.41) is 2.55. The van der Waals surface area contributed by atoms with Gasteiger partial charge in [0.1, 0.15) is 12.6 Å². The number of carbonyl (C=O) groups excluding carboxylic acids is 1. The maximum absolute atomic E-state index is 12.5. The van der Waals surface area contributed by atoms with Crippen molar-refractivity contribution in [3.8, 4) is 0 Å². The minimum absolute atomic E-state index is 0. The van der Waals surface area contributed by atoms with Crippen molar-refractivity contribution in [3.05, 3.63) is 35.9 Å². The summed E-state index contributed by atoms with van der Waals surface area (Å²) in [6, 6.07) is 8.14. The van der Waals surface area contributed by atoms with Gasteiger partial charge in [0.2, 0.25) is 0 Å². The zero-order valence-electron chi connectivity index (χ0n) is 10.5. The van der Waals surface area contributed by atoms with Crippen LogP contribution in [0.4, 0.5) is 13.2 Å². The van der Waals surface area contributed by atoms with Crippen molar-refractivity contribution in [2.45, 2.75) is 25.2 Å². The van der Waals surface area contributed by atoms with Gasteiger partial charge in [-0.1, -0.05) is 30.3 Å². The Hall–Kier alpha value is -1.27. The maximum atomic E-state index is 12.5. The first-order valence-corrected chi connectivity index (χ1v) is 5.97. The third-order valence-electron chi connectivity index (χ3n) is 3.10. The fraction of sp³-hybridized carbons (Fsp3) is 0.462. The molecule has 0 spiro atoms. The molecule has 112 valence electrons. The van der Waals surface area contributed by atoms with Gasteiger partial charge in [0.15, 0.2) is 0 Å². The minimum Gasteiger partial charge on any atom is -0.460 e. The van der Waals surface area contributed by atoms with Crippen LogP contribution in [-0.2, 0) is 16.1 Å². The molecule has 7 heteroatoms. The van der Waals surface area contributed by atoms with Crippen molar-refractivity contribution in [1.29, 1.82) is 0 Å². The molecule has 1 heterocycles. The van der Waals surface area contributed by atoms with Gasteiger partial charge in [0.05, 0.1) is 5.92 Å². The molecule has 2 rings (SSSR count). The average molecular weight is 310 g/mol. The number of halogens is 4. The van der Waals surface area contributed by atoms with Crippen molar-refractivity contribution < 1.29 is 22.7 Å². The van der Waals surface area contributed by atoms with Crippen LogP contribution in [0, 0.1) is 5.92 Å². The Bertz CT molecular complexity index is 439. The molecule has 1 aromatic rings. The number of esters is 1. The van der Waals surface area contributed by atoms with E-state index in [-0.39, 0.29) is 32.0 Å². The number of ether oxygens (including phenoxy) is 1. The molecule has 1 saturated heterocycles. The van der Waals surface area contributed by atoms with Gasteiger partial charge in [-0.3, -0.25) is 4.79 Å². The molecule has 2 atom stereocenters. The van der Waals surface area contributed by atoms with E-state index in [2.05, 4.69) is 5.32 Å². The Morgan fingerprint density at radius 1 is 1.30 bits per heavy atom. The minimum atomic E-state index is -4.26. The molecule has 1 aliphatic rings. The molecule has 0 bridgehead atoms. The van der Waals surface area contributed by atoms with Crippen molar-refractivity contribution in [2.24, 2.45) is 5.92 Å². The normalized spacial score (nSPS) is 22.1. The van der Waals surface area contributed by atoms with E-state index >= 15 is 0 Å². The van der Waals surface area contributed by atoms with Crippen LogP contribution in [0.5, 0.6) is 0 Å². The quantitative estimate of drug-likeness (QED) is 0.873. The third kappa shape index (κ3) is 4.38. The lowest BCUT2D eigenvalue weighted by atomic mass is 10.1. The van der Waals surface area contributed by atoms with Crippen LogP contribution < -0.4 is 5.32 Å². The highest BCUT2D eigenvalue weighted by Gasteiger charge is 2.46. The van der Waals surface area contributed by atoms with E-state index < -0.39 is 24.1 Å². The van der Waals surface area contributed by atoms with Crippen molar-refractivity contribution in [3.63, 3.8) is 0 Å².